The molecule has 2 saturated carbocycles. The standard InChI is InChI=1S/C12H24N2S/c13-14-11(8-7-10-5-6-10)9-15-12-3-1-2-4-12/h10-12,14H,1-9,13H2. The van der Waals surface area contributed by atoms with Gasteiger partial charge in [-0.3, -0.25) is 11.3 Å². The Bertz CT molecular complexity index is 176. The molecule has 0 radical (unpaired) electrons. The summed E-state index contributed by atoms with van der Waals surface area (Å²) in [5.74, 6) is 7.86. The van der Waals surface area contributed by atoms with Crippen molar-refractivity contribution in [2.75, 3.05) is 5.75 Å². The minimum atomic E-state index is 0.552. The molecule has 0 amide bonds. The minimum Gasteiger partial charge on any atom is -0.271 e. The highest BCUT2D eigenvalue weighted by molar-refractivity contribution is 7.99. The fraction of sp³-hybridized carbons (Fsp3) is 1.00. The number of nitrogens with two attached hydrogens (primary N) is 1. The largest absolute Gasteiger partial charge is 0.271 e. The smallest absolute Gasteiger partial charge is 0.0301 e. The van der Waals surface area contributed by atoms with Gasteiger partial charge in [0.25, 0.3) is 0 Å². The SMILES string of the molecule is NNC(CCC1CC1)CSC1CCCC1. The maximum Gasteiger partial charge on any atom is 0.0301 e. The molecule has 0 heterocycles. The van der Waals surface area contributed by atoms with E-state index < -0.39 is 0 Å². The summed E-state index contributed by atoms with van der Waals surface area (Å²) >= 11 is 2.15. The molecule has 1 atom stereocenters. The van der Waals surface area contributed by atoms with Gasteiger partial charge < -0.3 is 0 Å². The number of nitrogens with one attached hydrogen (secondary N) is 1. The van der Waals surface area contributed by atoms with Crippen LogP contribution in [0.25, 0.3) is 0 Å². The molecule has 0 spiro atoms. The Balaban J connectivity index is 1.56. The Morgan fingerprint density at radius 3 is 2.53 bits per heavy atom. The molecule has 0 aromatic rings. The third-order valence-electron chi connectivity index (χ3n) is 3.69. The lowest BCUT2D eigenvalue weighted by molar-refractivity contribution is 0.501. The van der Waals surface area contributed by atoms with Crippen LogP contribution in [0, 0.1) is 5.92 Å². The highest BCUT2D eigenvalue weighted by Crippen LogP contribution is 2.35. The third kappa shape index (κ3) is 4.33. The van der Waals surface area contributed by atoms with Crippen molar-refractivity contribution in [2.24, 2.45) is 11.8 Å². The molecule has 0 aromatic carbocycles. The van der Waals surface area contributed by atoms with Crippen molar-refractivity contribution in [1.82, 2.24) is 5.43 Å². The van der Waals surface area contributed by atoms with Gasteiger partial charge in [0.2, 0.25) is 0 Å². The van der Waals surface area contributed by atoms with Gasteiger partial charge in [-0.1, -0.05) is 25.7 Å². The Morgan fingerprint density at radius 1 is 1.20 bits per heavy atom. The Labute approximate surface area is 97.7 Å². The average molecular weight is 228 g/mol. The summed E-state index contributed by atoms with van der Waals surface area (Å²) < 4.78 is 0. The first-order chi connectivity index (χ1) is 7.38. The van der Waals surface area contributed by atoms with Crippen LogP contribution in [0.1, 0.15) is 51.4 Å². The maximum absolute atomic E-state index is 5.60. The molecule has 3 N–H and O–H groups in total. The van der Waals surface area contributed by atoms with Crippen molar-refractivity contribution in [3.8, 4) is 0 Å². The van der Waals surface area contributed by atoms with Gasteiger partial charge in [-0.15, -0.1) is 0 Å². The first-order valence-electron chi connectivity index (χ1n) is 6.46. The zero-order valence-corrected chi connectivity index (χ0v) is 10.4. The van der Waals surface area contributed by atoms with E-state index in [0.717, 1.165) is 11.2 Å². The van der Waals surface area contributed by atoms with Crippen LogP contribution in [0.4, 0.5) is 0 Å². The van der Waals surface area contributed by atoms with Crippen LogP contribution >= 0.6 is 11.8 Å². The normalized spacial score (nSPS) is 24.6. The van der Waals surface area contributed by atoms with Crippen molar-refractivity contribution >= 4 is 11.8 Å². The summed E-state index contributed by atoms with van der Waals surface area (Å²) in [4.78, 5) is 0. The average Bonchev–Trinajstić information content (AvgIpc) is 2.94. The van der Waals surface area contributed by atoms with Gasteiger partial charge >= 0.3 is 0 Å². The van der Waals surface area contributed by atoms with Crippen LogP contribution in [0.15, 0.2) is 0 Å². The van der Waals surface area contributed by atoms with E-state index in [-0.39, 0.29) is 0 Å². The van der Waals surface area contributed by atoms with E-state index in [4.69, 9.17) is 5.84 Å². The van der Waals surface area contributed by atoms with Crippen molar-refractivity contribution in [1.29, 1.82) is 0 Å². The number of hydrazine groups is 1. The summed E-state index contributed by atoms with van der Waals surface area (Å²) in [5.41, 5.74) is 2.99. The van der Waals surface area contributed by atoms with Crippen LogP contribution in [-0.4, -0.2) is 17.0 Å². The van der Waals surface area contributed by atoms with Crippen molar-refractivity contribution in [3.63, 3.8) is 0 Å². The molecule has 0 aliphatic heterocycles. The summed E-state index contributed by atoms with van der Waals surface area (Å²) in [5, 5.41) is 0.932. The molecule has 2 aliphatic carbocycles. The predicted molar refractivity (Wildman–Crippen MR) is 67.8 cm³/mol. The molecule has 0 bridgehead atoms. The molecule has 2 nitrogen and oxygen atoms in total. The van der Waals surface area contributed by atoms with Crippen LogP contribution in [0.2, 0.25) is 0 Å². The van der Waals surface area contributed by atoms with Gasteiger partial charge in [-0.2, -0.15) is 11.8 Å². The van der Waals surface area contributed by atoms with Crippen LogP contribution in [-0.2, 0) is 0 Å². The first-order valence-corrected chi connectivity index (χ1v) is 7.51. The minimum absolute atomic E-state index is 0.552. The van der Waals surface area contributed by atoms with Crippen LogP contribution in [0.5, 0.6) is 0 Å². The lowest BCUT2D eigenvalue weighted by Crippen LogP contribution is -2.37. The number of rotatable bonds is 7. The topological polar surface area (TPSA) is 38.0 Å². The molecule has 0 aromatic heterocycles. The fourth-order valence-electron chi connectivity index (χ4n) is 2.37. The van der Waals surface area contributed by atoms with E-state index in [0.29, 0.717) is 6.04 Å². The summed E-state index contributed by atoms with van der Waals surface area (Å²) in [6.45, 7) is 0. The van der Waals surface area contributed by atoms with E-state index in [1.165, 1.54) is 57.1 Å². The quantitative estimate of drug-likeness (QED) is 0.520. The Hall–Kier alpha value is 0.270. The third-order valence-corrected chi connectivity index (χ3v) is 5.23. The fourth-order valence-corrected chi connectivity index (χ4v) is 3.80. The summed E-state index contributed by atoms with van der Waals surface area (Å²) in [7, 11) is 0. The maximum atomic E-state index is 5.60. The molecule has 2 fully saturated rings. The predicted octanol–water partition coefficient (Wildman–Crippen LogP) is 2.68. The number of thioether (sulfide) groups is 1. The van der Waals surface area contributed by atoms with Crippen molar-refractivity contribution < 1.29 is 0 Å². The van der Waals surface area contributed by atoms with Gasteiger partial charge in [-0.25, -0.2) is 0 Å². The highest BCUT2D eigenvalue weighted by Gasteiger charge is 2.23. The van der Waals surface area contributed by atoms with E-state index >= 15 is 0 Å². The van der Waals surface area contributed by atoms with E-state index in [9.17, 15) is 0 Å². The van der Waals surface area contributed by atoms with E-state index in [2.05, 4.69) is 17.2 Å². The number of hydrogen-bond donors (Lipinski definition) is 2. The zero-order valence-electron chi connectivity index (χ0n) is 9.58. The lowest BCUT2D eigenvalue weighted by atomic mass is 10.1. The van der Waals surface area contributed by atoms with E-state index in [1.54, 1.807) is 0 Å². The second-order valence-corrected chi connectivity index (χ2v) is 6.46. The van der Waals surface area contributed by atoms with Gasteiger partial charge in [-0.05, 0) is 31.6 Å². The molecule has 88 valence electrons. The van der Waals surface area contributed by atoms with Crippen molar-refractivity contribution in [2.45, 2.75) is 62.7 Å². The van der Waals surface area contributed by atoms with Crippen LogP contribution in [0.3, 0.4) is 0 Å². The molecule has 1 unspecified atom stereocenters. The molecular formula is C12H24N2S. The summed E-state index contributed by atoms with van der Waals surface area (Å²) in [6, 6.07) is 0.552. The van der Waals surface area contributed by atoms with Gasteiger partial charge in [0.15, 0.2) is 0 Å². The second kappa shape index (κ2) is 6.12. The molecular weight excluding hydrogens is 204 g/mol. The van der Waals surface area contributed by atoms with Gasteiger partial charge in [0.1, 0.15) is 0 Å². The van der Waals surface area contributed by atoms with Crippen LogP contribution < -0.4 is 11.3 Å². The zero-order chi connectivity index (χ0) is 10.5. The van der Waals surface area contributed by atoms with Gasteiger partial charge in [0.05, 0.1) is 0 Å². The first kappa shape index (κ1) is 11.7. The summed E-state index contributed by atoms with van der Waals surface area (Å²) in [6.07, 6.45) is 11.4. The Kier molecular flexibility index (Phi) is 4.79. The number of hydrogen-bond acceptors (Lipinski definition) is 3. The molecule has 0 saturated heterocycles. The highest BCUT2D eigenvalue weighted by atomic mass is 32.2. The monoisotopic (exact) mass is 228 g/mol. The van der Waals surface area contributed by atoms with E-state index in [1.807, 2.05) is 0 Å². The van der Waals surface area contributed by atoms with Gasteiger partial charge in [0, 0.05) is 17.0 Å². The molecule has 2 rings (SSSR count). The second-order valence-electron chi connectivity index (χ2n) is 5.12. The Morgan fingerprint density at radius 2 is 1.93 bits per heavy atom. The molecule has 2 aliphatic rings. The molecule has 3 heteroatoms. The molecule has 15 heavy (non-hydrogen) atoms. The lowest BCUT2D eigenvalue weighted by Gasteiger charge is -2.17. The van der Waals surface area contributed by atoms with Crippen molar-refractivity contribution in [3.05, 3.63) is 0 Å².